The molecule has 0 atom stereocenters. The Morgan fingerprint density at radius 1 is 0.281 bits per heavy atom. The van der Waals surface area contributed by atoms with Gasteiger partial charge in [-0.3, -0.25) is 9.55 Å². The molecule has 19 rings (SSSR count). The van der Waals surface area contributed by atoms with Gasteiger partial charge in [0, 0.05) is 40.1 Å². The van der Waals surface area contributed by atoms with E-state index in [1.165, 1.54) is 142 Å². The Morgan fingerprint density at radius 2 is 0.781 bits per heavy atom. The normalized spacial score (nSPS) is 11.9. The Balaban J connectivity index is 0.000000141. The fourth-order valence-electron chi connectivity index (χ4n) is 15.2. The van der Waals surface area contributed by atoms with E-state index in [1.54, 1.807) is 0 Å². The van der Waals surface area contributed by atoms with Crippen molar-refractivity contribution in [3.63, 3.8) is 0 Å². The highest BCUT2D eigenvalue weighted by molar-refractivity contribution is 6.29. The van der Waals surface area contributed by atoms with Gasteiger partial charge in [-0.15, -0.1) is 0 Å². The molecular weight excluding hydrogens is 1160 g/mol. The van der Waals surface area contributed by atoms with Crippen LogP contribution in [0, 0.1) is 0 Å². The number of hydrogen-bond donors (Lipinski definition) is 0. The molecule has 0 aliphatic carbocycles. The molecule has 0 aliphatic heterocycles. The minimum absolute atomic E-state index is 0.0596. The van der Waals surface area contributed by atoms with E-state index in [0.29, 0.717) is 0 Å². The third-order valence-corrected chi connectivity index (χ3v) is 19.7. The van der Waals surface area contributed by atoms with Crippen molar-refractivity contribution in [2.45, 2.75) is 26.2 Å². The lowest BCUT2D eigenvalue weighted by atomic mass is 9.81. The number of imidazole rings is 1. The van der Waals surface area contributed by atoms with E-state index in [0.717, 1.165) is 39.4 Å². The Bertz CT molecular complexity index is 6080. The molecule has 0 N–H and O–H groups in total. The van der Waals surface area contributed by atoms with Gasteiger partial charge in [0.05, 0.1) is 22.1 Å². The zero-order chi connectivity index (χ0) is 64.0. The van der Waals surface area contributed by atoms with Gasteiger partial charge in [-0.05, 0) is 198 Å². The monoisotopic (exact) mass is 1220 g/mol. The van der Waals surface area contributed by atoms with Gasteiger partial charge in [-0.25, -0.2) is 4.98 Å². The van der Waals surface area contributed by atoms with Crippen molar-refractivity contribution >= 4 is 97.5 Å². The third kappa shape index (κ3) is 9.51. The van der Waals surface area contributed by atoms with Crippen molar-refractivity contribution in [2.24, 2.45) is 0 Å². The fourth-order valence-corrected chi connectivity index (χ4v) is 15.2. The number of fused-ring (bicyclic) bond motifs is 7. The molecule has 0 bridgehead atoms. The van der Waals surface area contributed by atoms with Crippen molar-refractivity contribution < 1.29 is 0 Å². The highest BCUT2D eigenvalue weighted by Crippen LogP contribution is 2.48. The fraction of sp³-hybridized carbons (Fsp3) is 0.0435. The van der Waals surface area contributed by atoms with Crippen LogP contribution < -0.4 is 0 Å². The lowest BCUT2D eigenvalue weighted by Gasteiger charge is -2.23. The summed E-state index contributed by atoms with van der Waals surface area (Å²) in [5.74, 6) is 0.940. The molecule has 0 unspecified atom stereocenters. The van der Waals surface area contributed by atoms with Crippen molar-refractivity contribution in [2.75, 3.05) is 0 Å². The summed E-state index contributed by atoms with van der Waals surface area (Å²) in [6.45, 7) is 6.90. The van der Waals surface area contributed by atoms with Gasteiger partial charge in [0.25, 0.3) is 0 Å². The maximum absolute atomic E-state index is 5.09. The Morgan fingerprint density at radius 3 is 1.42 bits per heavy atom. The summed E-state index contributed by atoms with van der Waals surface area (Å²) < 4.78 is 4.67. The summed E-state index contributed by atoms with van der Waals surface area (Å²) in [5.41, 5.74) is 21.4. The van der Waals surface area contributed by atoms with Crippen molar-refractivity contribution in [3.05, 3.63) is 339 Å². The van der Waals surface area contributed by atoms with Crippen molar-refractivity contribution in [1.82, 2.24) is 19.1 Å². The van der Waals surface area contributed by atoms with Crippen LogP contribution in [0.3, 0.4) is 0 Å². The van der Waals surface area contributed by atoms with Crippen LogP contribution in [0.15, 0.2) is 334 Å². The van der Waals surface area contributed by atoms with Gasteiger partial charge >= 0.3 is 0 Å². The summed E-state index contributed by atoms with van der Waals surface area (Å²) in [7, 11) is 0. The highest BCUT2D eigenvalue weighted by atomic mass is 15.1. The predicted molar refractivity (Wildman–Crippen MR) is 407 cm³/mol. The van der Waals surface area contributed by atoms with Crippen molar-refractivity contribution in [3.8, 4) is 78.4 Å². The average Bonchev–Trinajstić information content (AvgIpc) is 0.732. The first kappa shape index (κ1) is 56.5. The molecule has 16 aromatic carbocycles. The first-order valence-electron chi connectivity index (χ1n) is 33.2. The molecule has 0 aliphatic rings. The minimum Gasteiger partial charge on any atom is -0.309 e. The summed E-state index contributed by atoms with van der Waals surface area (Å²) in [6, 6.07) is 117. The maximum Gasteiger partial charge on any atom is 0.145 e. The van der Waals surface area contributed by atoms with Crippen molar-refractivity contribution in [1.29, 1.82) is 0 Å². The quantitative estimate of drug-likeness (QED) is 0.112. The SMILES string of the molecule is CC(C)(C)c1cc2ccc3c(-c4ccc(-c5cccnc5)cc4)cc(-c4cccc(-n5c6ccccc6c6ccccc65)c4)c4ccc(c1)c2c34.c1ccc(-n2c(-c3ccc(-c4c5ccccc5c(-c5ccc6ccccc6c5)c5ccccc45)cc3)nc3ccccc32)cc1. The van der Waals surface area contributed by atoms with Gasteiger partial charge in [-0.1, -0.05) is 276 Å². The number of benzene rings is 16. The number of rotatable bonds is 8. The van der Waals surface area contributed by atoms with E-state index in [9.17, 15) is 0 Å². The first-order chi connectivity index (χ1) is 47.3. The summed E-state index contributed by atoms with van der Waals surface area (Å²) in [5, 5.41) is 17.9. The Labute approximate surface area is 557 Å². The molecule has 3 aromatic heterocycles. The number of pyridine rings is 1. The minimum atomic E-state index is 0.0596. The first-order valence-corrected chi connectivity index (χ1v) is 33.2. The van der Waals surface area contributed by atoms with E-state index in [-0.39, 0.29) is 5.41 Å². The Kier molecular flexibility index (Phi) is 13.4. The standard InChI is InChI=1S/C49H36N2.C43H28N2/c1-49(2,3)37-26-34-21-23-41-43(32-19-17-31(18-20-32)36-11-9-25-50-30-36)29-44(42-24-22-35(27-37)47(34)48(41)42)33-10-8-12-38(28-33)51-45-15-6-4-13-39(45)40-14-5-7-16-46(40)51;1-2-14-34(15-3-1)45-40-21-11-10-20-39(40)44-43(45)31-25-23-30(24-26-31)41-35-16-6-8-18-37(35)42(38-19-9-7-17-36(38)41)33-27-22-29-12-4-5-13-32(29)28-33/h4-30H,1-3H3;1-28H. The molecule has 0 spiro atoms. The molecule has 0 amide bonds. The van der Waals surface area contributed by atoms with Gasteiger partial charge in [0.15, 0.2) is 0 Å². The molecular formula is C92H64N4. The zero-order valence-corrected chi connectivity index (χ0v) is 53.5. The third-order valence-electron chi connectivity index (χ3n) is 19.7. The molecule has 4 nitrogen and oxygen atoms in total. The molecule has 0 saturated heterocycles. The predicted octanol–water partition coefficient (Wildman–Crippen LogP) is 24.9. The molecule has 4 heteroatoms. The van der Waals surface area contributed by atoms with Gasteiger partial charge < -0.3 is 4.57 Å². The topological polar surface area (TPSA) is 35.6 Å². The average molecular weight is 1230 g/mol. The van der Waals surface area contributed by atoms with Crippen LogP contribution in [0.2, 0.25) is 0 Å². The summed E-state index contributed by atoms with van der Waals surface area (Å²) >= 11 is 0. The van der Waals surface area contributed by atoms with Crippen LogP contribution in [-0.2, 0) is 5.41 Å². The van der Waals surface area contributed by atoms with E-state index < -0.39 is 0 Å². The number of aromatic nitrogens is 4. The summed E-state index contributed by atoms with van der Waals surface area (Å²) in [6.07, 6.45) is 3.75. The second-order valence-electron chi connectivity index (χ2n) is 26.4. The molecule has 0 fully saturated rings. The van der Waals surface area contributed by atoms with Crippen LogP contribution >= 0.6 is 0 Å². The smallest absolute Gasteiger partial charge is 0.145 e. The van der Waals surface area contributed by atoms with Gasteiger partial charge in [0.1, 0.15) is 5.82 Å². The van der Waals surface area contributed by atoms with Crippen LogP contribution in [0.5, 0.6) is 0 Å². The van der Waals surface area contributed by atoms with Gasteiger partial charge in [0.2, 0.25) is 0 Å². The van der Waals surface area contributed by atoms with Crippen LogP contribution in [-0.4, -0.2) is 19.1 Å². The molecule has 0 saturated carbocycles. The Hall–Kier alpha value is -12.2. The molecule has 3 heterocycles. The molecule has 19 aromatic rings. The van der Waals surface area contributed by atoms with Crippen LogP contribution in [0.4, 0.5) is 0 Å². The van der Waals surface area contributed by atoms with Crippen LogP contribution in [0.25, 0.3) is 176 Å². The lowest BCUT2D eigenvalue weighted by Crippen LogP contribution is -2.10. The molecule has 452 valence electrons. The molecule has 96 heavy (non-hydrogen) atoms. The van der Waals surface area contributed by atoms with Gasteiger partial charge in [-0.2, -0.15) is 0 Å². The van der Waals surface area contributed by atoms with E-state index in [1.807, 2.05) is 18.5 Å². The van der Waals surface area contributed by atoms with E-state index in [2.05, 4.69) is 350 Å². The second kappa shape index (κ2) is 22.8. The van der Waals surface area contributed by atoms with Crippen LogP contribution in [0.1, 0.15) is 26.3 Å². The number of para-hydroxylation sites is 5. The van der Waals surface area contributed by atoms with E-state index >= 15 is 0 Å². The summed E-state index contributed by atoms with van der Waals surface area (Å²) in [4.78, 5) is 9.44. The highest BCUT2D eigenvalue weighted by Gasteiger charge is 2.23. The lowest BCUT2D eigenvalue weighted by molar-refractivity contribution is 0.591. The zero-order valence-electron chi connectivity index (χ0n) is 53.5. The van der Waals surface area contributed by atoms with E-state index in [4.69, 9.17) is 4.98 Å². The second-order valence-corrected chi connectivity index (χ2v) is 26.4. The largest absolute Gasteiger partial charge is 0.309 e. The number of hydrogen-bond acceptors (Lipinski definition) is 2. The molecule has 0 radical (unpaired) electrons. The maximum atomic E-state index is 5.09. The number of nitrogens with zero attached hydrogens (tertiary/aromatic N) is 4.